The number of pyridine rings is 1. The highest BCUT2D eigenvalue weighted by Crippen LogP contribution is 2.36. The van der Waals surface area contributed by atoms with Crippen LogP contribution in [0.5, 0.6) is 17.4 Å². The Labute approximate surface area is 224 Å². The molecule has 1 N–H and O–H groups in total. The fourth-order valence-electron chi connectivity index (χ4n) is 2.92. The molecule has 1 aromatic carbocycles. The lowest BCUT2D eigenvalue weighted by Gasteiger charge is -2.17. The van der Waals surface area contributed by atoms with Crippen molar-refractivity contribution in [3.05, 3.63) is 46.6 Å². The number of hydrogen-bond donors (Lipinski definition) is 1. The third-order valence-corrected chi connectivity index (χ3v) is 6.51. The van der Waals surface area contributed by atoms with E-state index in [0.29, 0.717) is 30.0 Å². The smallest absolute Gasteiger partial charge is 0.421 e. The van der Waals surface area contributed by atoms with Crippen molar-refractivity contribution in [2.75, 3.05) is 33.9 Å². The number of ether oxygens (including phenoxy) is 4. The van der Waals surface area contributed by atoms with Crippen molar-refractivity contribution in [3.63, 3.8) is 0 Å². The molecule has 0 radical (unpaired) electrons. The predicted molar refractivity (Wildman–Crippen MR) is 133 cm³/mol. The van der Waals surface area contributed by atoms with E-state index in [-0.39, 0.29) is 48.9 Å². The first-order valence-electron chi connectivity index (χ1n) is 11.3. The van der Waals surface area contributed by atoms with Crippen LogP contribution in [0, 0.1) is 0 Å². The zero-order valence-corrected chi connectivity index (χ0v) is 22.7. The largest absolute Gasteiger partial charge is 0.491 e. The number of halogens is 4. The third kappa shape index (κ3) is 9.82. The summed E-state index contributed by atoms with van der Waals surface area (Å²) in [5.74, 6) is 0.436. The Morgan fingerprint density at radius 2 is 1.92 bits per heavy atom. The summed E-state index contributed by atoms with van der Waals surface area (Å²) in [6.45, 7) is 3.69. The highest BCUT2D eigenvalue weighted by molar-refractivity contribution is 7.87. The Hall–Kier alpha value is -2.81. The van der Waals surface area contributed by atoms with E-state index < -0.39 is 28.0 Å². The van der Waals surface area contributed by atoms with E-state index in [1.165, 1.54) is 14.2 Å². The second-order valence-corrected chi connectivity index (χ2v) is 10.4. The van der Waals surface area contributed by atoms with Gasteiger partial charge in [0.15, 0.2) is 0 Å². The number of carbonyl (C=O) groups excluding carboxylic acids is 1. The summed E-state index contributed by atoms with van der Waals surface area (Å²) in [5, 5.41) is -0.336. The molecule has 2 aromatic rings. The van der Waals surface area contributed by atoms with Crippen LogP contribution in [0.2, 0.25) is 5.02 Å². The molecule has 0 saturated heterocycles. The standard InChI is InChI=1S/C23H29ClF3N3O7S/c1-15(2)36-18-8-7-16(6-5-10-35-22(31)29-38(32,33)30(3)9-11-34-4)20(13-18)37-21-19(24)12-17(14-28-21)23(25,26)27/h7-8,12-15H,5-6,9-11H2,1-4H3,(H,29,31). The second kappa shape index (κ2) is 13.8. The highest BCUT2D eigenvalue weighted by atomic mass is 35.5. The van der Waals surface area contributed by atoms with E-state index >= 15 is 0 Å². The summed E-state index contributed by atoms with van der Waals surface area (Å²) in [4.78, 5) is 15.6. The van der Waals surface area contributed by atoms with Crippen LogP contribution in [-0.2, 0) is 32.3 Å². The monoisotopic (exact) mass is 583 g/mol. The minimum Gasteiger partial charge on any atom is -0.491 e. The maximum atomic E-state index is 12.9. The summed E-state index contributed by atoms with van der Waals surface area (Å²) >= 11 is 5.98. The maximum Gasteiger partial charge on any atom is 0.421 e. The molecule has 0 bridgehead atoms. The molecule has 1 heterocycles. The summed E-state index contributed by atoms with van der Waals surface area (Å²) in [6, 6.07) is 5.62. The van der Waals surface area contributed by atoms with Gasteiger partial charge in [-0.15, -0.1) is 0 Å². The summed E-state index contributed by atoms with van der Waals surface area (Å²) in [5.41, 5.74) is -0.427. The molecule has 2 rings (SSSR count). The lowest BCUT2D eigenvalue weighted by atomic mass is 10.1. The Bertz CT molecular complexity index is 1200. The van der Waals surface area contributed by atoms with Gasteiger partial charge in [0.2, 0.25) is 5.88 Å². The number of nitrogens with zero attached hydrogens (tertiary/aromatic N) is 2. The normalized spacial score (nSPS) is 12.1. The van der Waals surface area contributed by atoms with Crippen LogP contribution in [0.3, 0.4) is 0 Å². The van der Waals surface area contributed by atoms with Gasteiger partial charge in [0.25, 0.3) is 0 Å². The lowest BCUT2D eigenvalue weighted by Crippen LogP contribution is -2.43. The SMILES string of the molecule is COCCN(C)S(=O)(=O)NC(=O)OCCCc1ccc(OC(C)C)cc1Oc1ncc(C(F)(F)F)cc1Cl. The molecule has 0 fully saturated rings. The average Bonchev–Trinajstić information content (AvgIpc) is 2.81. The number of hydrogen-bond acceptors (Lipinski definition) is 8. The first kappa shape index (κ1) is 31.4. The van der Waals surface area contributed by atoms with Crippen molar-refractivity contribution in [2.24, 2.45) is 0 Å². The van der Waals surface area contributed by atoms with Gasteiger partial charge in [0.1, 0.15) is 16.5 Å². The van der Waals surface area contributed by atoms with E-state index in [1.54, 1.807) is 22.9 Å². The lowest BCUT2D eigenvalue weighted by molar-refractivity contribution is -0.137. The molecule has 0 aliphatic heterocycles. The van der Waals surface area contributed by atoms with Crippen molar-refractivity contribution in [2.45, 2.75) is 39.0 Å². The number of benzene rings is 1. The molecule has 15 heteroatoms. The average molecular weight is 584 g/mol. The summed E-state index contributed by atoms with van der Waals surface area (Å²) in [6.07, 6.45) is -4.74. The molecule has 10 nitrogen and oxygen atoms in total. The van der Waals surface area contributed by atoms with Gasteiger partial charge in [0, 0.05) is 33.0 Å². The van der Waals surface area contributed by atoms with Gasteiger partial charge >= 0.3 is 22.5 Å². The molecule has 212 valence electrons. The van der Waals surface area contributed by atoms with Crippen LogP contribution in [-0.4, -0.2) is 63.8 Å². The van der Waals surface area contributed by atoms with Gasteiger partial charge in [0.05, 0.1) is 24.9 Å². The van der Waals surface area contributed by atoms with Crippen LogP contribution < -0.4 is 14.2 Å². The molecule has 38 heavy (non-hydrogen) atoms. The van der Waals surface area contributed by atoms with Crippen molar-refractivity contribution < 1.29 is 45.3 Å². The number of likely N-dealkylation sites (N-methyl/N-ethyl adjacent to an activating group) is 1. The van der Waals surface area contributed by atoms with Crippen LogP contribution in [0.4, 0.5) is 18.0 Å². The fraction of sp³-hybridized carbons (Fsp3) is 0.478. The number of rotatable bonds is 13. The molecule has 0 atom stereocenters. The first-order chi connectivity index (χ1) is 17.7. The van der Waals surface area contributed by atoms with Crippen LogP contribution >= 0.6 is 11.6 Å². The fourth-order valence-corrected chi connectivity index (χ4v) is 3.87. The Balaban J connectivity index is 2.07. The van der Waals surface area contributed by atoms with Crippen molar-refractivity contribution in [1.29, 1.82) is 0 Å². The number of amides is 1. The number of carbonyl (C=O) groups is 1. The number of nitrogens with one attached hydrogen (secondary N) is 1. The molecule has 0 saturated carbocycles. The van der Waals surface area contributed by atoms with Crippen molar-refractivity contribution in [3.8, 4) is 17.4 Å². The molecule has 1 amide bonds. The highest BCUT2D eigenvalue weighted by Gasteiger charge is 2.32. The number of aromatic nitrogens is 1. The molecule has 0 aliphatic carbocycles. The van der Waals surface area contributed by atoms with Gasteiger partial charge < -0.3 is 18.9 Å². The quantitative estimate of drug-likeness (QED) is 0.334. The van der Waals surface area contributed by atoms with E-state index in [9.17, 15) is 26.4 Å². The number of alkyl halides is 3. The minimum atomic E-state index is -4.61. The minimum absolute atomic E-state index is 0.0379. The van der Waals surface area contributed by atoms with Crippen LogP contribution in [0.1, 0.15) is 31.4 Å². The summed E-state index contributed by atoms with van der Waals surface area (Å²) in [7, 11) is -1.40. The topological polar surface area (TPSA) is 116 Å². The molecule has 0 aliphatic rings. The zero-order valence-electron chi connectivity index (χ0n) is 21.2. The Morgan fingerprint density at radius 1 is 1.21 bits per heavy atom. The zero-order chi connectivity index (χ0) is 28.5. The summed E-state index contributed by atoms with van der Waals surface area (Å²) < 4.78 is 86.8. The first-order valence-corrected chi connectivity index (χ1v) is 13.1. The molecular formula is C23H29ClF3N3O7S. The van der Waals surface area contributed by atoms with E-state index in [1.807, 2.05) is 13.8 Å². The van der Waals surface area contributed by atoms with Gasteiger partial charge in [-0.3, -0.25) is 0 Å². The van der Waals surface area contributed by atoms with E-state index in [0.717, 1.165) is 4.31 Å². The van der Waals surface area contributed by atoms with E-state index in [2.05, 4.69) is 4.98 Å². The van der Waals surface area contributed by atoms with Crippen molar-refractivity contribution in [1.82, 2.24) is 14.0 Å². The number of aryl methyl sites for hydroxylation is 1. The Kier molecular flexibility index (Phi) is 11.4. The molecule has 0 spiro atoms. The maximum absolute atomic E-state index is 12.9. The van der Waals surface area contributed by atoms with Gasteiger partial charge in [-0.1, -0.05) is 17.7 Å². The molecule has 1 aromatic heterocycles. The van der Waals surface area contributed by atoms with Gasteiger partial charge in [-0.05, 0) is 44.4 Å². The predicted octanol–water partition coefficient (Wildman–Crippen LogP) is 4.82. The molecular weight excluding hydrogens is 555 g/mol. The van der Waals surface area contributed by atoms with Gasteiger partial charge in [-0.2, -0.15) is 25.9 Å². The van der Waals surface area contributed by atoms with E-state index in [4.69, 9.17) is 30.5 Å². The van der Waals surface area contributed by atoms with Crippen LogP contribution in [0.25, 0.3) is 0 Å². The third-order valence-electron chi connectivity index (χ3n) is 4.81. The second-order valence-electron chi connectivity index (χ2n) is 8.21. The van der Waals surface area contributed by atoms with Crippen LogP contribution in [0.15, 0.2) is 30.5 Å². The number of methoxy groups -OCH3 is 1. The molecule has 0 unspecified atom stereocenters. The Morgan fingerprint density at radius 3 is 2.53 bits per heavy atom. The van der Waals surface area contributed by atoms with Gasteiger partial charge in [-0.25, -0.2) is 14.5 Å². The van der Waals surface area contributed by atoms with Crippen molar-refractivity contribution >= 4 is 27.9 Å².